The van der Waals surface area contributed by atoms with Crippen LogP contribution in [0, 0.1) is 0 Å². The second-order valence-electron chi connectivity index (χ2n) is 5.76. The Kier molecular flexibility index (Phi) is 4.28. The zero-order valence-electron chi connectivity index (χ0n) is 12.3. The van der Waals surface area contributed by atoms with Crippen LogP contribution in [0.1, 0.15) is 12.8 Å². The molecule has 3 aliphatic rings. The van der Waals surface area contributed by atoms with E-state index in [9.17, 15) is 9.90 Å². The lowest BCUT2D eigenvalue weighted by Crippen LogP contribution is -2.46. The molecule has 118 valence electrons. The van der Waals surface area contributed by atoms with Crippen LogP contribution in [-0.2, 0) is 9.47 Å². The highest BCUT2D eigenvalue weighted by molar-refractivity contribution is 8.14. The molecular weight excluding hydrogens is 294 g/mol. The van der Waals surface area contributed by atoms with Crippen LogP contribution >= 0.6 is 11.8 Å². The van der Waals surface area contributed by atoms with Gasteiger partial charge in [0.1, 0.15) is 18.1 Å². The molecule has 21 heavy (non-hydrogen) atoms. The Morgan fingerprint density at radius 1 is 1.57 bits per heavy atom. The van der Waals surface area contributed by atoms with E-state index in [1.54, 1.807) is 25.9 Å². The number of hydrogen-bond donors (Lipinski definition) is 1. The third-order valence-corrected chi connectivity index (χ3v) is 5.07. The summed E-state index contributed by atoms with van der Waals surface area (Å²) in [4.78, 5) is 19.6. The molecule has 8 heteroatoms. The van der Waals surface area contributed by atoms with Gasteiger partial charge in [-0.05, 0) is 6.42 Å². The average molecular weight is 315 g/mol. The summed E-state index contributed by atoms with van der Waals surface area (Å²) < 4.78 is 11.1. The molecule has 3 rings (SSSR count). The van der Waals surface area contributed by atoms with Crippen molar-refractivity contribution in [1.29, 1.82) is 0 Å². The molecule has 0 radical (unpaired) electrons. The summed E-state index contributed by atoms with van der Waals surface area (Å²) in [5, 5.41) is 11.2. The fourth-order valence-electron chi connectivity index (χ4n) is 2.49. The summed E-state index contributed by atoms with van der Waals surface area (Å²) in [7, 11) is 3.27. The number of amides is 1. The number of thioether (sulfide) groups is 1. The molecule has 1 amide bonds. The van der Waals surface area contributed by atoms with Gasteiger partial charge in [-0.25, -0.2) is 4.79 Å². The number of nitrogens with zero attached hydrogens (tertiary/aromatic N) is 3. The van der Waals surface area contributed by atoms with Crippen LogP contribution in [0.15, 0.2) is 4.99 Å². The van der Waals surface area contributed by atoms with E-state index in [0.29, 0.717) is 6.42 Å². The molecule has 0 unspecified atom stereocenters. The van der Waals surface area contributed by atoms with Crippen molar-refractivity contribution in [2.24, 2.45) is 4.99 Å². The molecule has 3 aliphatic heterocycles. The number of carbonyl (C=O) groups is 1. The topological polar surface area (TPSA) is 74.6 Å². The Labute approximate surface area is 128 Å². The first-order valence-electron chi connectivity index (χ1n) is 7.21. The fourth-order valence-corrected chi connectivity index (χ4v) is 3.80. The number of amidine groups is 1. The lowest BCUT2D eigenvalue weighted by Gasteiger charge is -2.34. The normalized spacial score (nSPS) is 34.8. The minimum atomic E-state index is -0.543. The van der Waals surface area contributed by atoms with Gasteiger partial charge < -0.3 is 24.4 Å². The molecule has 0 spiro atoms. The average Bonchev–Trinajstić information content (AvgIpc) is 2.77. The quantitative estimate of drug-likeness (QED) is 0.792. The van der Waals surface area contributed by atoms with E-state index in [2.05, 4.69) is 9.89 Å². The molecular formula is C13H21N3O4S. The third-order valence-electron chi connectivity index (χ3n) is 3.87. The van der Waals surface area contributed by atoms with E-state index >= 15 is 0 Å². The number of likely N-dealkylation sites (tertiary alicyclic amines) is 1. The zero-order chi connectivity index (χ0) is 15.0. The second-order valence-corrected chi connectivity index (χ2v) is 6.83. The highest BCUT2D eigenvalue weighted by Crippen LogP contribution is 2.38. The number of carbonyl (C=O) groups excluding carboxylic acids is 1. The van der Waals surface area contributed by atoms with Crippen LogP contribution in [0.4, 0.5) is 4.79 Å². The van der Waals surface area contributed by atoms with E-state index in [-0.39, 0.29) is 24.2 Å². The van der Waals surface area contributed by atoms with Crippen LogP contribution in [0.25, 0.3) is 0 Å². The monoisotopic (exact) mass is 315 g/mol. The van der Waals surface area contributed by atoms with Crippen molar-refractivity contribution in [2.45, 2.75) is 36.5 Å². The number of aliphatic hydroxyl groups is 1. The Bertz CT molecular complexity index is 441. The number of fused-ring (bicyclic) bond motifs is 1. The molecule has 1 N–H and O–H groups in total. The first kappa shape index (κ1) is 14.9. The lowest BCUT2D eigenvalue weighted by atomic mass is 10.0. The van der Waals surface area contributed by atoms with E-state index in [4.69, 9.17) is 9.47 Å². The number of aliphatic hydroxyl groups excluding tert-OH is 1. The number of ether oxygens (including phenoxy) is 2. The van der Waals surface area contributed by atoms with Gasteiger partial charge in [0.15, 0.2) is 5.17 Å². The first-order valence-corrected chi connectivity index (χ1v) is 8.09. The van der Waals surface area contributed by atoms with Crippen LogP contribution in [0.2, 0.25) is 0 Å². The van der Waals surface area contributed by atoms with Crippen LogP contribution in [0.3, 0.4) is 0 Å². The molecule has 2 saturated heterocycles. The van der Waals surface area contributed by atoms with E-state index < -0.39 is 12.2 Å². The van der Waals surface area contributed by atoms with Crippen molar-refractivity contribution >= 4 is 23.0 Å². The van der Waals surface area contributed by atoms with Crippen molar-refractivity contribution in [2.75, 3.05) is 33.8 Å². The standard InChI is InChI=1S/C13H21N3O4S/c1-15(2)13(18)19-7-8-6-9(17)10-11(20-8)21-12(14-10)16-4-3-5-16/h8-11,17H,3-7H2,1-2H3/t8-,9-,10+,11+/m0/s1. The van der Waals surface area contributed by atoms with Crippen LogP contribution in [0.5, 0.6) is 0 Å². The minimum absolute atomic E-state index is 0.164. The predicted molar refractivity (Wildman–Crippen MR) is 79.3 cm³/mol. The van der Waals surface area contributed by atoms with Crippen LogP contribution < -0.4 is 0 Å². The van der Waals surface area contributed by atoms with E-state index in [1.807, 2.05) is 0 Å². The fraction of sp³-hybridized carbons (Fsp3) is 0.846. The summed E-state index contributed by atoms with van der Waals surface area (Å²) in [6.45, 7) is 2.23. The van der Waals surface area contributed by atoms with Crippen molar-refractivity contribution < 1.29 is 19.4 Å². The number of hydrogen-bond acceptors (Lipinski definition) is 7. The SMILES string of the molecule is CN(C)C(=O)OC[C@@H]1C[C@H](O)[C@H]2N=C(N3CCC3)S[C@H]2O1. The summed E-state index contributed by atoms with van der Waals surface area (Å²) >= 11 is 1.57. The van der Waals surface area contributed by atoms with Gasteiger partial charge in [0.05, 0.1) is 12.2 Å². The third kappa shape index (κ3) is 3.12. The molecule has 0 aliphatic carbocycles. The maximum absolute atomic E-state index is 11.4. The number of aliphatic imine (C=N–C) groups is 1. The Balaban J connectivity index is 1.53. The largest absolute Gasteiger partial charge is 0.447 e. The smallest absolute Gasteiger partial charge is 0.409 e. The van der Waals surface area contributed by atoms with Gasteiger partial charge in [-0.1, -0.05) is 11.8 Å². The maximum Gasteiger partial charge on any atom is 0.409 e. The van der Waals surface area contributed by atoms with Crippen molar-refractivity contribution in [3.05, 3.63) is 0 Å². The minimum Gasteiger partial charge on any atom is -0.447 e. The van der Waals surface area contributed by atoms with Gasteiger partial charge in [-0.2, -0.15) is 0 Å². The maximum atomic E-state index is 11.4. The predicted octanol–water partition coefficient (Wildman–Crippen LogP) is 0.338. The first-order chi connectivity index (χ1) is 10.0. The molecule has 2 fully saturated rings. The highest BCUT2D eigenvalue weighted by Gasteiger charge is 2.44. The van der Waals surface area contributed by atoms with E-state index in [1.165, 1.54) is 11.3 Å². The van der Waals surface area contributed by atoms with Crippen molar-refractivity contribution in [1.82, 2.24) is 9.80 Å². The van der Waals surface area contributed by atoms with Crippen molar-refractivity contribution in [3.8, 4) is 0 Å². The molecule has 3 heterocycles. The van der Waals surface area contributed by atoms with Gasteiger partial charge in [0, 0.05) is 33.6 Å². The summed E-state index contributed by atoms with van der Waals surface area (Å²) in [5.41, 5.74) is -0.174. The highest BCUT2D eigenvalue weighted by atomic mass is 32.2. The van der Waals surface area contributed by atoms with E-state index in [0.717, 1.165) is 18.3 Å². The van der Waals surface area contributed by atoms with Gasteiger partial charge in [0.25, 0.3) is 0 Å². The zero-order valence-corrected chi connectivity index (χ0v) is 13.1. The molecule has 7 nitrogen and oxygen atoms in total. The van der Waals surface area contributed by atoms with Crippen molar-refractivity contribution in [3.63, 3.8) is 0 Å². The lowest BCUT2D eigenvalue weighted by molar-refractivity contribution is -0.0903. The number of rotatable bonds is 2. The molecule has 0 aromatic rings. The van der Waals surface area contributed by atoms with Gasteiger partial charge >= 0.3 is 6.09 Å². The molecule has 0 saturated carbocycles. The molecule has 0 aromatic heterocycles. The summed E-state index contributed by atoms with van der Waals surface area (Å²) in [5.74, 6) is 0. The Morgan fingerprint density at radius 2 is 2.33 bits per heavy atom. The Morgan fingerprint density at radius 3 is 2.95 bits per heavy atom. The molecule has 0 bridgehead atoms. The second kappa shape index (κ2) is 6.02. The molecule has 4 atom stereocenters. The van der Waals surface area contributed by atoms with Gasteiger partial charge in [0.2, 0.25) is 0 Å². The summed E-state index contributed by atoms with van der Waals surface area (Å²) in [6.07, 6.45) is 0.425. The van der Waals surface area contributed by atoms with Crippen LogP contribution in [-0.4, -0.2) is 83.6 Å². The van der Waals surface area contributed by atoms with Gasteiger partial charge in [-0.3, -0.25) is 4.99 Å². The Hall–Kier alpha value is -0.990. The summed E-state index contributed by atoms with van der Waals surface area (Å²) in [6, 6.07) is -0.202. The van der Waals surface area contributed by atoms with Gasteiger partial charge in [-0.15, -0.1) is 0 Å². The molecule has 0 aromatic carbocycles.